The van der Waals surface area contributed by atoms with Crippen LogP contribution in [0.1, 0.15) is 5.56 Å². The molecule has 134 valence electrons. The van der Waals surface area contributed by atoms with E-state index in [1.807, 2.05) is 12.1 Å². The molecule has 7 heteroatoms. The highest BCUT2D eigenvalue weighted by atomic mass is 35.5. The molecule has 1 aromatic heterocycles. The second-order valence-electron chi connectivity index (χ2n) is 6.02. The van der Waals surface area contributed by atoms with Gasteiger partial charge in [0.25, 0.3) is 0 Å². The fourth-order valence-corrected chi connectivity index (χ4v) is 2.80. The smallest absolute Gasteiger partial charge is 0.228 e. The quantitative estimate of drug-likeness (QED) is 0.571. The van der Waals surface area contributed by atoms with Crippen molar-refractivity contribution in [3.05, 3.63) is 83.1 Å². The van der Waals surface area contributed by atoms with Gasteiger partial charge in [-0.15, -0.1) is 10.2 Å². The highest BCUT2D eigenvalue weighted by molar-refractivity contribution is 6.30. The van der Waals surface area contributed by atoms with Crippen LogP contribution in [0.25, 0.3) is 16.7 Å². The van der Waals surface area contributed by atoms with Crippen LogP contribution < -0.4 is 5.32 Å². The molecule has 0 saturated heterocycles. The Kier molecular flexibility index (Phi) is 4.56. The molecule has 0 aliphatic rings. The van der Waals surface area contributed by atoms with Crippen molar-refractivity contribution in [3.63, 3.8) is 0 Å². The summed E-state index contributed by atoms with van der Waals surface area (Å²) in [7, 11) is 0. The number of carbonyl (C=O) groups is 1. The molecular weight excluding hydrogens is 367 g/mol. The SMILES string of the molecule is O=C(Cc1ccc(Cl)cc1)Nc1ccc2nn(-c3ccc(F)cc3)nc2c1. The first-order valence-corrected chi connectivity index (χ1v) is 8.62. The number of amides is 1. The fraction of sp³-hybridized carbons (Fsp3) is 0.0500. The summed E-state index contributed by atoms with van der Waals surface area (Å²) in [5.74, 6) is -0.455. The van der Waals surface area contributed by atoms with E-state index < -0.39 is 0 Å². The van der Waals surface area contributed by atoms with Crippen molar-refractivity contribution >= 4 is 34.2 Å². The molecule has 5 nitrogen and oxygen atoms in total. The van der Waals surface area contributed by atoms with E-state index in [9.17, 15) is 9.18 Å². The van der Waals surface area contributed by atoms with Crippen LogP contribution >= 0.6 is 11.6 Å². The molecule has 0 atom stereocenters. The van der Waals surface area contributed by atoms with Crippen LogP contribution in [0, 0.1) is 5.82 Å². The topological polar surface area (TPSA) is 59.8 Å². The van der Waals surface area contributed by atoms with Gasteiger partial charge in [-0.1, -0.05) is 23.7 Å². The van der Waals surface area contributed by atoms with Gasteiger partial charge in [-0.3, -0.25) is 4.79 Å². The van der Waals surface area contributed by atoms with E-state index in [-0.39, 0.29) is 18.1 Å². The lowest BCUT2D eigenvalue weighted by Gasteiger charge is -2.05. The van der Waals surface area contributed by atoms with Crippen LogP contribution in [-0.4, -0.2) is 20.9 Å². The standard InChI is InChI=1S/C20H14ClFN4O/c21-14-3-1-13(2-4-14)11-20(27)23-16-7-10-18-19(12-16)25-26(24-18)17-8-5-15(22)6-9-17/h1-10,12H,11H2,(H,23,27). The van der Waals surface area contributed by atoms with Gasteiger partial charge in [-0.2, -0.15) is 4.80 Å². The minimum Gasteiger partial charge on any atom is -0.326 e. The van der Waals surface area contributed by atoms with E-state index in [4.69, 9.17) is 11.6 Å². The summed E-state index contributed by atoms with van der Waals surface area (Å²) in [5, 5.41) is 12.2. The maximum Gasteiger partial charge on any atom is 0.228 e. The maximum absolute atomic E-state index is 13.1. The number of nitrogens with one attached hydrogen (secondary N) is 1. The molecule has 0 spiro atoms. The molecule has 0 saturated carbocycles. The number of aromatic nitrogens is 3. The molecule has 0 unspecified atom stereocenters. The lowest BCUT2D eigenvalue weighted by Crippen LogP contribution is -2.14. The Hall–Kier alpha value is -3.25. The van der Waals surface area contributed by atoms with Gasteiger partial charge >= 0.3 is 0 Å². The Balaban J connectivity index is 1.51. The predicted octanol–water partition coefficient (Wildman–Crippen LogP) is 4.39. The van der Waals surface area contributed by atoms with Gasteiger partial charge in [0, 0.05) is 10.7 Å². The van der Waals surface area contributed by atoms with Crippen LogP contribution in [0.5, 0.6) is 0 Å². The van der Waals surface area contributed by atoms with Gasteiger partial charge in [0.05, 0.1) is 12.1 Å². The van der Waals surface area contributed by atoms with Crippen LogP contribution in [-0.2, 0) is 11.2 Å². The zero-order valence-corrected chi connectivity index (χ0v) is 14.8. The molecule has 0 fully saturated rings. The molecule has 0 aliphatic heterocycles. The zero-order chi connectivity index (χ0) is 18.8. The van der Waals surface area contributed by atoms with Gasteiger partial charge in [-0.05, 0) is 60.2 Å². The molecular formula is C20H14ClFN4O. The van der Waals surface area contributed by atoms with Crippen molar-refractivity contribution in [2.24, 2.45) is 0 Å². The lowest BCUT2D eigenvalue weighted by molar-refractivity contribution is -0.115. The Morgan fingerprint density at radius 3 is 2.41 bits per heavy atom. The second-order valence-corrected chi connectivity index (χ2v) is 6.46. The number of fused-ring (bicyclic) bond motifs is 1. The summed E-state index contributed by atoms with van der Waals surface area (Å²) in [6.45, 7) is 0. The van der Waals surface area contributed by atoms with E-state index in [1.165, 1.54) is 16.9 Å². The molecule has 1 heterocycles. The monoisotopic (exact) mass is 380 g/mol. The molecule has 27 heavy (non-hydrogen) atoms. The van der Waals surface area contributed by atoms with Crippen molar-refractivity contribution in [2.75, 3.05) is 5.32 Å². The van der Waals surface area contributed by atoms with Crippen molar-refractivity contribution in [2.45, 2.75) is 6.42 Å². The number of hydrogen-bond donors (Lipinski definition) is 1. The van der Waals surface area contributed by atoms with Crippen LogP contribution in [0.15, 0.2) is 66.7 Å². The normalized spacial score (nSPS) is 10.9. The second kappa shape index (κ2) is 7.17. The number of anilines is 1. The highest BCUT2D eigenvalue weighted by Gasteiger charge is 2.08. The molecule has 0 bridgehead atoms. The van der Waals surface area contributed by atoms with Crippen molar-refractivity contribution in [1.29, 1.82) is 0 Å². The molecule has 1 N–H and O–H groups in total. The predicted molar refractivity (Wildman–Crippen MR) is 103 cm³/mol. The van der Waals surface area contributed by atoms with E-state index in [2.05, 4.69) is 15.5 Å². The summed E-state index contributed by atoms with van der Waals surface area (Å²) in [6.07, 6.45) is 0.247. The lowest BCUT2D eigenvalue weighted by atomic mass is 10.1. The van der Waals surface area contributed by atoms with Crippen molar-refractivity contribution in [1.82, 2.24) is 15.0 Å². The Morgan fingerprint density at radius 1 is 0.963 bits per heavy atom. The average molecular weight is 381 g/mol. The third-order valence-electron chi connectivity index (χ3n) is 4.00. The van der Waals surface area contributed by atoms with E-state index in [1.54, 1.807) is 42.5 Å². The van der Waals surface area contributed by atoms with Crippen LogP contribution in [0.3, 0.4) is 0 Å². The molecule has 1 amide bonds. The van der Waals surface area contributed by atoms with E-state index >= 15 is 0 Å². The van der Waals surface area contributed by atoms with Crippen LogP contribution in [0.4, 0.5) is 10.1 Å². The summed E-state index contributed by atoms with van der Waals surface area (Å²) < 4.78 is 13.1. The Morgan fingerprint density at radius 2 is 1.67 bits per heavy atom. The maximum atomic E-state index is 13.1. The average Bonchev–Trinajstić information content (AvgIpc) is 3.07. The number of nitrogens with zero attached hydrogens (tertiary/aromatic N) is 3. The van der Waals surface area contributed by atoms with Gasteiger partial charge < -0.3 is 5.32 Å². The first-order chi connectivity index (χ1) is 13.1. The van der Waals surface area contributed by atoms with Crippen molar-refractivity contribution in [3.8, 4) is 5.69 Å². The van der Waals surface area contributed by atoms with Crippen LogP contribution in [0.2, 0.25) is 5.02 Å². The third-order valence-corrected chi connectivity index (χ3v) is 4.25. The number of rotatable bonds is 4. The molecule has 0 aliphatic carbocycles. The van der Waals surface area contributed by atoms with E-state index in [0.29, 0.717) is 27.4 Å². The summed E-state index contributed by atoms with van der Waals surface area (Å²) in [5.41, 5.74) is 3.47. The van der Waals surface area contributed by atoms with E-state index in [0.717, 1.165) is 5.56 Å². The summed E-state index contributed by atoms with van der Waals surface area (Å²) in [6, 6.07) is 18.4. The van der Waals surface area contributed by atoms with Gasteiger partial charge in [-0.25, -0.2) is 4.39 Å². The van der Waals surface area contributed by atoms with Crippen molar-refractivity contribution < 1.29 is 9.18 Å². The number of carbonyl (C=O) groups excluding carboxylic acids is 1. The third kappa shape index (κ3) is 3.96. The molecule has 0 radical (unpaired) electrons. The molecule has 4 aromatic rings. The Labute approximate surface area is 159 Å². The fourth-order valence-electron chi connectivity index (χ4n) is 2.68. The van der Waals surface area contributed by atoms with Gasteiger partial charge in [0.15, 0.2) is 0 Å². The highest BCUT2D eigenvalue weighted by Crippen LogP contribution is 2.18. The molecule has 3 aromatic carbocycles. The minimum absolute atomic E-state index is 0.136. The molecule has 4 rings (SSSR count). The number of benzene rings is 3. The minimum atomic E-state index is -0.318. The summed E-state index contributed by atoms with van der Waals surface area (Å²) in [4.78, 5) is 13.7. The first kappa shape index (κ1) is 17.2. The van der Waals surface area contributed by atoms with Gasteiger partial charge in [0.1, 0.15) is 16.9 Å². The Bertz CT molecular complexity index is 1110. The summed E-state index contributed by atoms with van der Waals surface area (Å²) >= 11 is 5.85. The first-order valence-electron chi connectivity index (χ1n) is 8.24. The number of halogens is 2. The zero-order valence-electron chi connectivity index (χ0n) is 14.1. The number of hydrogen-bond acceptors (Lipinski definition) is 3. The largest absolute Gasteiger partial charge is 0.326 e. The van der Waals surface area contributed by atoms with Gasteiger partial charge in [0.2, 0.25) is 5.91 Å².